The van der Waals surface area contributed by atoms with Crippen molar-refractivity contribution < 1.29 is 14.3 Å². The zero-order valence-electron chi connectivity index (χ0n) is 11.9. The standard InChI is InChI=1S/C15H22N2O3/c1-2-20-14(18)9-11-17(12-6-3-4-7-12)15(19)13-8-5-10-16-13/h5,8,10,12,16H,2-4,6-7,9,11H2,1H3. The summed E-state index contributed by atoms with van der Waals surface area (Å²) < 4.78 is 4.94. The minimum absolute atomic E-state index is 0.0220. The highest BCUT2D eigenvalue weighted by atomic mass is 16.5. The fourth-order valence-corrected chi connectivity index (χ4v) is 2.73. The maximum absolute atomic E-state index is 12.5. The van der Waals surface area contributed by atoms with E-state index in [0.29, 0.717) is 18.8 Å². The fraction of sp³-hybridized carbons (Fsp3) is 0.600. The van der Waals surface area contributed by atoms with Crippen molar-refractivity contribution in [1.82, 2.24) is 9.88 Å². The average Bonchev–Trinajstić information content (AvgIpc) is 3.12. The maximum atomic E-state index is 12.5. The van der Waals surface area contributed by atoms with Crippen molar-refractivity contribution in [2.24, 2.45) is 0 Å². The van der Waals surface area contributed by atoms with Gasteiger partial charge in [0.25, 0.3) is 5.91 Å². The van der Waals surface area contributed by atoms with Gasteiger partial charge >= 0.3 is 5.97 Å². The molecule has 1 aromatic heterocycles. The Kier molecular flexibility index (Phi) is 5.21. The number of nitrogens with one attached hydrogen (secondary N) is 1. The number of esters is 1. The molecule has 1 N–H and O–H groups in total. The molecule has 20 heavy (non-hydrogen) atoms. The summed E-state index contributed by atoms with van der Waals surface area (Å²) >= 11 is 0. The quantitative estimate of drug-likeness (QED) is 0.812. The lowest BCUT2D eigenvalue weighted by atomic mass is 10.2. The second-order valence-electron chi connectivity index (χ2n) is 5.08. The van der Waals surface area contributed by atoms with E-state index < -0.39 is 0 Å². The van der Waals surface area contributed by atoms with Crippen LogP contribution in [0.25, 0.3) is 0 Å². The molecule has 110 valence electrons. The molecular formula is C15H22N2O3. The Labute approximate surface area is 119 Å². The van der Waals surface area contributed by atoms with E-state index in [2.05, 4.69) is 4.98 Å². The van der Waals surface area contributed by atoms with E-state index in [1.165, 1.54) is 0 Å². The Morgan fingerprint density at radius 3 is 2.75 bits per heavy atom. The first-order valence-electron chi connectivity index (χ1n) is 7.32. The number of nitrogens with zero attached hydrogens (tertiary/aromatic N) is 1. The summed E-state index contributed by atoms with van der Waals surface area (Å²) in [4.78, 5) is 28.8. The second kappa shape index (κ2) is 7.12. The van der Waals surface area contributed by atoms with Crippen LogP contribution in [0, 0.1) is 0 Å². The molecular weight excluding hydrogens is 256 g/mol. The van der Waals surface area contributed by atoms with Crippen molar-refractivity contribution in [3.63, 3.8) is 0 Å². The zero-order valence-corrected chi connectivity index (χ0v) is 11.9. The van der Waals surface area contributed by atoms with Crippen molar-refractivity contribution in [2.75, 3.05) is 13.2 Å². The van der Waals surface area contributed by atoms with Crippen molar-refractivity contribution in [2.45, 2.75) is 45.1 Å². The Bertz CT molecular complexity index is 436. The van der Waals surface area contributed by atoms with Gasteiger partial charge in [0.2, 0.25) is 0 Å². The molecule has 1 heterocycles. The number of rotatable bonds is 6. The third kappa shape index (κ3) is 3.62. The molecule has 0 spiro atoms. The molecule has 1 fully saturated rings. The molecule has 1 aromatic rings. The lowest BCUT2D eigenvalue weighted by Gasteiger charge is -2.28. The first-order valence-corrected chi connectivity index (χ1v) is 7.32. The summed E-state index contributed by atoms with van der Waals surface area (Å²) in [6.07, 6.45) is 6.35. The van der Waals surface area contributed by atoms with Crippen LogP contribution in [0.15, 0.2) is 18.3 Å². The lowest BCUT2D eigenvalue weighted by molar-refractivity contribution is -0.143. The largest absolute Gasteiger partial charge is 0.466 e. The van der Waals surface area contributed by atoms with Crippen LogP contribution in [0.2, 0.25) is 0 Å². The van der Waals surface area contributed by atoms with Gasteiger partial charge in [0.15, 0.2) is 0 Å². The SMILES string of the molecule is CCOC(=O)CCN(C(=O)c1ccc[nH]1)C1CCCC1. The Hall–Kier alpha value is -1.78. The molecule has 1 aliphatic carbocycles. The van der Waals surface area contributed by atoms with Crippen molar-refractivity contribution in [1.29, 1.82) is 0 Å². The van der Waals surface area contributed by atoms with E-state index in [-0.39, 0.29) is 24.3 Å². The number of H-pyrrole nitrogens is 1. The highest BCUT2D eigenvalue weighted by molar-refractivity contribution is 5.92. The molecule has 2 rings (SSSR count). The molecule has 0 aliphatic heterocycles. The minimum Gasteiger partial charge on any atom is -0.466 e. The second-order valence-corrected chi connectivity index (χ2v) is 5.08. The predicted molar refractivity (Wildman–Crippen MR) is 75.3 cm³/mol. The van der Waals surface area contributed by atoms with E-state index in [1.807, 2.05) is 11.0 Å². The first-order chi connectivity index (χ1) is 9.72. The maximum Gasteiger partial charge on any atom is 0.307 e. The third-order valence-electron chi connectivity index (χ3n) is 3.72. The Morgan fingerprint density at radius 1 is 1.40 bits per heavy atom. The lowest BCUT2D eigenvalue weighted by Crippen LogP contribution is -2.40. The third-order valence-corrected chi connectivity index (χ3v) is 3.72. The molecule has 1 saturated carbocycles. The number of ether oxygens (including phenoxy) is 1. The molecule has 0 aromatic carbocycles. The highest BCUT2D eigenvalue weighted by Crippen LogP contribution is 2.25. The van der Waals surface area contributed by atoms with E-state index in [1.54, 1.807) is 19.2 Å². The summed E-state index contributed by atoms with van der Waals surface area (Å²) in [7, 11) is 0. The molecule has 0 unspecified atom stereocenters. The molecule has 0 saturated heterocycles. The molecule has 1 amide bonds. The minimum atomic E-state index is -0.241. The van der Waals surface area contributed by atoms with Crippen LogP contribution in [0.1, 0.15) is 49.5 Å². The Morgan fingerprint density at radius 2 is 2.15 bits per heavy atom. The van der Waals surface area contributed by atoms with Crippen LogP contribution in [0.4, 0.5) is 0 Å². The topological polar surface area (TPSA) is 62.4 Å². The van der Waals surface area contributed by atoms with Gasteiger partial charge in [-0.3, -0.25) is 9.59 Å². The summed E-state index contributed by atoms with van der Waals surface area (Å²) in [5, 5.41) is 0. The smallest absolute Gasteiger partial charge is 0.307 e. The van der Waals surface area contributed by atoms with Gasteiger partial charge in [-0.15, -0.1) is 0 Å². The van der Waals surface area contributed by atoms with Crippen molar-refractivity contribution >= 4 is 11.9 Å². The molecule has 5 heteroatoms. The van der Waals surface area contributed by atoms with Crippen LogP contribution < -0.4 is 0 Å². The number of hydrogen-bond donors (Lipinski definition) is 1. The molecule has 5 nitrogen and oxygen atoms in total. The Balaban J connectivity index is 2.00. The van der Waals surface area contributed by atoms with Gasteiger partial charge in [0.1, 0.15) is 5.69 Å². The fourth-order valence-electron chi connectivity index (χ4n) is 2.73. The van der Waals surface area contributed by atoms with Crippen LogP contribution in [-0.4, -0.2) is 41.0 Å². The average molecular weight is 278 g/mol. The number of carbonyl (C=O) groups excluding carboxylic acids is 2. The van der Waals surface area contributed by atoms with Crippen LogP contribution >= 0.6 is 0 Å². The summed E-state index contributed by atoms with van der Waals surface area (Å²) in [6.45, 7) is 2.60. The molecule has 0 atom stereocenters. The van der Waals surface area contributed by atoms with Crippen molar-refractivity contribution in [3.05, 3.63) is 24.0 Å². The van der Waals surface area contributed by atoms with Crippen LogP contribution in [0.5, 0.6) is 0 Å². The van der Waals surface area contributed by atoms with E-state index >= 15 is 0 Å². The van der Waals surface area contributed by atoms with E-state index in [4.69, 9.17) is 4.74 Å². The first kappa shape index (κ1) is 14.6. The zero-order chi connectivity index (χ0) is 14.4. The van der Waals surface area contributed by atoms with Gasteiger partial charge < -0.3 is 14.6 Å². The van der Waals surface area contributed by atoms with Gasteiger partial charge in [-0.05, 0) is 31.9 Å². The number of hydrogen-bond acceptors (Lipinski definition) is 3. The molecule has 0 bridgehead atoms. The van der Waals surface area contributed by atoms with Gasteiger partial charge in [-0.1, -0.05) is 12.8 Å². The van der Waals surface area contributed by atoms with Crippen molar-refractivity contribution in [3.8, 4) is 0 Å². The van der Waals surface area contributed by atoms with Gasteiger partial charge in [0.05, 0.1) is 13.0 Å². The predicted octanol–water partition coefficient (Wildman–Crippen LogP) is 2.35. The molecule has 1 aliphatic rings. The molecule has 0 radical (unpaired) electrons. The van der Waals surface area contributed by atoms with Gasteiger partial charge in [-0.2, -0.15) is 0 Å². The number of aromatic amines is 1. The summed E-state index contributed by atoms with van der Waals surface area (Å²) in [5.41, 5.74) is 0.584. The summed E-state index contributed by atoms with van der Waals surface area (Å²) in [5.74, 6) is -0.263. The van der Waals surface area contributed by atoms with Crippen LogP contribution in [-0.2, 0) is 9.53 Å². The highest BCUT2D eigenvalue weighted by Gasteiger charge is 2.28. The van der Waals surface area contributed by atoms with E-state index in [0.717, 1.165) is 25.7 Å². The monoisotopic (exact) mass is 278 g/mol. The number of amides is 1. The van der Waals surface area contributed by atoms with E-state index in [9.17, 15) is 9.59 Å². The summed E-state index contributed by atoms with van der Waals surface area (Å²) in [6, 6.07) is 3.83. The van der Waals surface area contributed by atoms with Crippen LogP contribution in [0.3, 0.4) is 0 Å². The number of aromatic nitrogens is 1. The normalized spacial score (nSPS) is 15.2. The number of carbonyl (C=O) groups is 2. The van der Waals surface area contributed by atoms with Gasteiger partial charge in [-0.25, -0.2) is 0 Å². The van der Waals surface area contributed by atoms with Gasteiger partial charge in [0, 0.05) is 18.8 Å².